The van der Waals surface area contributed by atoms with Crippen molar-refractivity contribution in [1.29, 1.82) is 0 Å². The predicted octanol–water partition coefficient (Wildman–Crippen LogP) is 3.32. The fourth-order valence-corrected chi connectivity index (χ4v) is 2.50. The minimum absolute atomic E-state index is 1.12. The molecule has 2 heterocycles. The molecule has 1 aromatic heterocycles. The number of rotatable bonds is 3. The summed E-state index contributed by atoms with van der Waals surface area (Å²) in [6.45, 7) is 2.33. The normalized spacial score (nSPS) is 15.6. The first-order chi connectivity index (χ1) is 8.43. The van der Waals surface area contributed by atoms with Crippen LogP contribution in [0.25, 0.3) is 10.9 Å². The van der Waals surface area contributed by atoms with Crippen molar-refractivity contribution in [3.05, 3.63) is 48.3 Å². The lowest BCUT2D eigenvalue weighted by Crippen LogP contribution is -2.23. The van der Waals surface area contributed by atoms with E-state index in [-0.39, 0.29) is 0 Å². The topological polar surface area (TPSA) is 19.0 Å². The Kier molecular flexibility index (Phi) is 2.87. The summed E-state index contributed by atoms with van der Waals surface area (Å²) in [6.07, 6.45) is 10.3. The van der Waals surface area contributed by atoms with Crippen LogP contribution >= 0.6 is 0 Å². The molecule has 0 aliphatic carbocycles. The largest absolute Gasteiger partial charge is 0.377 e. The van der Waals surface area contributed by atoms with Gasteiger partial charge in [-0.1, -0.05) is 24.3 Å². The van der Waals surface area contributed by atoms with Crippen LogP contribution in [-0.2, 0) is 6.42 Å². The molecule has 0 saturated heterocycles. The van der Waals surface area contributed by atoms with Gasteiger partial charge in [-0.25, -0.2) is 0 Å². The van der Waals surface area contributed by atoms with Crippen molar-refractivity contribution < 1.29 is 0 Å². The van der Waals surface area contributed by atoms with E-state index in [1.807, 2.05) is 0 Å². The number of aromatic amines is 1. The number of para-hydroxylation sites is 1. The first-order valence-electron chi connectivity index (χ1n) is 6.39. The molecule has 17 heavy (non-hydrogen) atoms. The Labute approximate surface area is 102 Å². The molecule has 0 spiro atoms. The molecule has 2 heteroatoms. The van der Waals surface area contributed by atoms with Gasteiger partial charge in [0.15, 0.2) is 0 Å². The lowest BCUT2D eigenvalue weighted by atomic mass is 10.1. The van der Waals surface area contributed by atoms with Crippen LogP contribution in [0.4, 0.5) is 0 Å². The van der Waals surface area contributed by atoms with E-state index in [4.69, 9.17) is 0 Å². The van der Waals surface area contributed by atoms with Crippen LogP contribution in [0.15, 0.2) is 42.7 Å². The van der Waals surface area contributed by atoms with Gasteiger partial charge in [0.1, 0.15) is 0 Å². The molecule has 1 aliphatic rings. The van der Waals surface area contributed by atoms with Gasteiger partial charge in [-0.2, -0.15) is 0 Å². The van der Waals surface area contributed by atoms with Crippen molar-refractivity contribution in [1.82, 2.24) is 9.88 Å². The van der Waals surface area contributed by atoms with Crippen molar-refractivity contribution in [2.75, 3.05) is 13.1 Å². The van der Waals surface area contributed by atoms with Crippen molar-refractivity contribution in [2.24, 2.45) is 0 Å². The fourth-order valence-electron chi connectivity index (χ4n) is 2.50. The van der Waals surface area contributed by atoms with Gasteiger partial charge in [0, 0.05) is 30.2 Å². The van der Waals surface area contributed by atoms with Crippen LogP contribution in [0.2, 0.25) is 0 Å². The monoisotopic (exact) mass is 226 g/mol. The number of aromatic nitrogens is 1. The highest BCUT2D eigenvalue weighted by molar-refractivity contribution is 5.83. The number of hydrogen-bond donors (Lipinski definition) is 1. The number of benzene rings is 1. The number of hydrogen-bond acceptors (Lipinski definition) is 1. The third-order valence-corrected chi connectivity index (χ3v) is 3.48. The molecule has 0 saturated carbocycles. The quantitative estimate of drug-likeness (QED) is 0.850. The lowest BCUT2D eigenvalue weighted by molar-refractivity contribution is 0.359. The van der Waals surface area contributed by atoms with Crippen LogP contribution in [0.1, 0.15) is 18.4 Å². The Morgan fingerprint density at radius 2 is 2.18 bits per heavy atom. The van der Waals surface area contributed by atoms with Gasteiger partial charge in [-0.15, -0.1) is 0 Å². The van der Waals surface area contributed by atoms with Crippen molar-refractivity contribution in [2.45, 2.75) is 19.3 Å². The fraction of sp³-hybridized carbons (Fsp3) is 0.333. The van der Waals surface area contributed by atoms with Gasteiger partial charge >= 0.3 is 0 Å². The SMILES string of the molecule is C1=CN(CCc2c[nH]c3ccccc23)CCC1. The van der Waals surface area contributed by atoms with Gasteiger partial charge in [0.2, 0.25) is 0 Å². The smallest absolute Gasteiger partial charge is 0.0456 e. The average Bonchev–Trinajstić information content (AvgIpc) is 2.81. The summed E-state index contributed by atoms with van der Waals surface area (Å²) in [5.41, 5.74) is 2.68. The maximum Gasteiger partial charge on any atom is 0.0456 e. The molecule has 0 atom stereocenters. The van der Waals surface area contributed by atoms with Gasteiger partial charge < -0.3 is 9.88 Å². The molecule has 2 nitrogen and oxygen atoms in total. The standard InChI is InChI=1S/C15H18N2/c1-4-9-17(10-5-1)11-8-13-12-16-15-7-3-2-6-14(13)15/h2-4,6-7,9,12,16H,1,5,8,10-11H2. The van der Waals surface area contributed by atoms with Crippen LogP contribution in [0, 0.1) is 0 Å². The van der Waals surface area contributed by atoms with Crippen LogP contribution in [-0.4, -0.2) is 23.0 Å². The maximum absolute atomic E-state index is 3.34. The van der Waals surface area contributed by atoms with Crippen molar-refractivity contribution in [3.8, 4) is 0 Å². The molecule has 3 rings (SSSR count). The van der Waals surface area contributed by atoms with E-state index in [1.54, 1.807) is 0 Å². The molecular formula is C15H18N2. The number of nitrogens with zero attached hydrogens (tertiary/aromatic N) is 1. The number of fused-ring (bicyclic) bond motifs is 1. The number of allylic oxidation sites excluding steroid dienone is 1. The summed E-state index contributed by atoms with van der Waals surface area (Å²) >= 11 is 0. The van der Waals surface area contributed by atoms with Crippen molar-refractivity contribution in [3.63, 3.8) is 0 Å². The van der Waals surface area contributed by atoms with E-state index in [2.05, 4.69) is 52.6 Å². The lowest BCUT2D eigenvalue weighted by Gasteiger charge is -2.23. The van der Waals surface area contributed by atoms with E-state index in [9.17, 15) is 0 Å². The van der Waals surface area contributed by atoms with Gasteiger partial charge in [-0.3, -0.25) is 0 Å². The number of H-pyrrole nitrogens is 1. The summed E-state index contributed by atoms with van der Waals surface area (Å²) in [7, 11) is 0. The van der Waals surface area contributed by atoms with Gasteiger partial charge in [0.05, 0.1) is 0 Å². The molecule has 0 amide bonds. The zero-order valence-electron chi connectivity index (χ0n) is 10.0. The molecule has 0 fully saturated rings. The summed E-state index contributed by atoms with van der Waals surface area (Å²) < 4.78 is 0. The molecular weight excluding hydrogens is 208 g/mol. The maximum atomic E-state index is 3.34. The van der Waals surface area contributed by atoms with E-state index in [1.165, 1.54) is 35.9 Å². The number of nitrogens with one attached hydrogen (secondary N) is 1. The highest BCUT2D eigenvalue weighted by atomic mass is 15.1. The third kappa shape index (κ3) is 2.21. The Bertz CT molecular complexity index is 524. The molecule has 0 unspecified atom stereocenters. The van der Waals surface area contributed by atoms with E-state index in [0.717, 1.165) is 13.0 Å². The van der Waals surface area contributed by atoms with Crippen LogP contribution in [0.3, 0.4) is 0 Å². The van der Waals surface area contributed by atoms with E-state index >= 15 is 0 Å². The minimum atomic E-state index is 1.12. The van der Waals surface area contributed by atoms with Crippen LogP contribution < -0.4 is 0 Å². The second kappa shape index (κ2) is 4.66. The van der Waals surface area contributed by atoms with E-state index < -0.39 is 0 Å². The molecule has 2 aromatic rings. The Morgan fingerprint density at radius 3 is 3.06 bits per heavy atom. The molecule has 1 aromatic carbocycles. The molecule has 1 aliphatic heterocycles. The zero-order valence-corrected chi connectivity index (χ0v) is 10.0. The highest BCUT2D eigenvalue weighted by Crippen LogP contribution is 2.18. The Hall–Kier alpha value is -1.70. The summed E-state index contributed by atoms with van der Waals surface area (Å²) in [5.74, 6) is 0. The first-order valence-corrected chi connectivity index (χ1v) is 6.39. The zero-order chi connectivity index (χ0) is 11.5. The third-order valence-electron chi connectivity index (χ3n) is 3.48. The second-order valence-electron chi connectivity index (χ2n) is 4.67. The van der Waals surface area contributed by atoms with Crippen molar-refractivity contribution >= 4 is 10.9 Å². The Balaban J connectivity index is 1.72. The summed E-state index contributed by atoms with van der Waals surface area (Å²) in [5, 5.41) is 1.37. The summed E-state index contributed by atoms with van der Waals surface area (Å²) in [6, 6.07) is 8.53. The van der Waals surface area contributed by atoms with Gasteiger partial charge in [0.25, 0.3) is 0 Å². The first kappa shape index (κ1) is 10.5. The Morgan fingerprint density at radius 1 is 1.24 bits per heavy atom. The molecule has 0 radical (unpaired) electrons. The van der Waals surface area contributed by atoms with E-state index in [0.29, 0.717) is 0 Å². The van der Waals surface area contributed by atoms with Gasteiger partial charge in [-0.05, 0) is 37.1 Å². The molecule has 88 valence electrons. The molecule has 1 N–H and O–H groups in total. The highest BCUT2D eigenvalue weighted by Gasteiger charge is 2.06. The average molecular weight is 226 g/mol. The minimum Gasteiger partial charge on any atom is -0.377 e. The summed E-state index contributed by atoms with van der Waals surface area (Å²) in [4.78, 5) is 5.76. The second-order valence-corrected chi connectivity index (χ2v) is 4.67. The molecule has 0 bridgehead atoms. The van der Waals surface area contributed by atoms with Crippen LogP contribution in [0.5, 0.6) is 0 Å². The predicted molar refractivity (Wildman–Crippen MR) is 71.9 cm³/mol.